The number of hydrogen-bond donors (Lipinski definition) is 1. The summed E-state index contributed by atoms with van der Waals surface area (Å²) in [4.78, 5) is 29.5. The Morgan fingerprint density at radius 3 is 2.94 bits per heavy atom. The summed E-state index contributed by atoms with van der Waals surface area (Å²) in [6, 6.07) is -0.198. The van der Waals surface area contributed by atoms with Gasteiger partial charge in [-0.15, -0.1) is 11.6 Å². The predicted octanol–water partition coefficient (Wildman–Crippen LogP) is -1.05. The fourth-order valence-electron chi connectivity index (χ4n) is 0.872. The largest absolute Gasteiger partial charge is 0.543 e. The number of nitrogens with zero attached hydrogens (tertiary/aromatic N) is 2. The highest BCUT2D eigenvalue weighted by Crippen LogP contribution is 2.08. The molecule has 0 aromatic carbocycles. The smallest absolute Gasteiger partial charge is 0.301 e. The molecule has 0 aliphatic heterocycles. The molecule has 1 aromatic heterocycles. The van der Waals surface area contributed by atoms with E-state index in [0.29, 0.717) is 0 Å². The molecular weight excluding hydrogens is 254 g/mol. The van der Waals surface area contributed by atoms with Crippen LogP contribution in [0.3, 0.4) is 0 Å². The van der Waals surface area contributed by atoms with Gasteiger partial charge in [0.05, 0.1) is 5.97 Å². The zero-order valence-electron chi connectivity index (χ0n) is 8.60. The number of alkyl halides is 1. The van der Waals surface area contributed by atoms with Gasteiger partial charge in [0.15, 0.2) is 5.71 Å². The van der Waals surface area contributed by atoms with E-state index < -0.39 is 17.6 Å². The minimum Gasteiger partial charge on any atom is -0.543 e. The van der Waals surface area contributed by atoms with E-state index in [2.05, 4.69) is 20.3 Å². The summed E-state index contributed by atoms with van der Waals surface area (Å²) in [5.41, 5.74) is -0.695. The summed E-state index contributed by atoms with van der Waals surface area (Å²) in [7, 11) is 1.17. The molecule has 0 unspecified atom stereocenters. The summed E-state index contributed by atoms with van der Waals surface area (Å²) < 4.78 is 4.79. The van der Waals surface area contributed by atoms with E-state index in [1.165, 1.54) is 7.11 Å². The van der Waals surface area contributed by atoms with Crippen LogP contribution >= 0.6 is 11.6 Å². The number of carboxylic acid groups (broad SMARTS) is 1. The Balaban J connectivity index is 2.89. The molecule has 0 radical (unpaired) electrons. The third kappa shape index (κ3) is 3.45. The maximum atomic E-state index is 10.9. The average molecular weight is 261 g/mol. The summed E-state index contributed by atoms with van der Waals surface area (Å²) in [5, 5.41) is 16.1. The highest BCUT2D eigenvalue weighted by molar-refractivity contribution is 6.41. The number of rotatable bonds is 5. The molecule has 0 saturated carbocycles. The molecule has 0 saturated heterocycles. The number of nitrogens with one attached hydrogen (secondary N) is 1. The molecule has 0 spiro atoms. The molecule has 0 atom stereocenters. The van der Waals surface area contributed by atoms with Gasteiger partial charge in [0.25, 0.3) is 0 Å². The van der Waals surface area contributed by atoms with Gasteiger partial charge >= 0.3 is 6.01 Å². The third-order valence-electron chi connectivity index (χ3n) is 1.49. The summed E-state index contributed by atoms with van der Waals surface area (Å²) in [6.45, 7) is 0. The van der Waals surface area contributed by atoms with Gasteiger partial charge in [0, 0.05) is 0 Å². The van der Waals surface area contributed by atoms with Gasteiger partial charge in [-0.1, -0.05) is 5.16 Å². The first-order valence-electron chi connectivity index (χ1n) is 4.22. The quantitative estimate of drug-likeness (QED) is 0.410. The zero-order chi connectivity index (χ0) is 12.8. The minimum atomic E-state index is -1.59. The van der Waals surface area contributed by atoms with Crippen molar-refractivity contribution in [2.75, 3.05) is 18.3 Å². The lowest BCUT2D eigenvalue weighted by molar-refractivity contribution is -0.294. The maximum absolute atomic E-state index is 10.9. The second-order valence-corrected chi connectivity index (χ2v) is 2.90. The number of carboxylic acids is 1. The van der Waals surface area contributed by atoms with Crippen LogP contribution in [0.4, 0.5) is 6.01 Å². The average Bonchev–Trinajstić information content (AvgIpc) is 2.73. The summed E-state index contributed by atoms with van der Waals surface area (Å²) >= 11 is 5.24. The van der Waals surface area contributed by atoms with Crippen LogP contribution in [0.25, 0.3) is 0 Å². The Kier molecular flexibility index (Phi) is 4.46. The van der Waals surface area contributed by atoms with Crippen molar-refractivity contribution < 1.29 is 24.0 Å². The summed E-state index contributed by atoms with van der Waals surface area (Å²) in [5.74, 6) is -2.41. The lowest BCUT2D eigenvalue weighted by Gasteiger charge is -2.01. The van der Waals surface area contributed by atoms with Gasteiger partial charge in [0.1, 0.15) is 24.9 Å². The van der Waals surface area contributed by atoms with Gasteiger partial charge < -0.3 is 19.2 Å². The maximum Gasteiger partial charge on any atom is 0.301 e. The van der Waals surface area contributed by atoms with E-state index in [0.717, 1.165) is 6.26 Å². The monoisotopic (exact) mass is 260 g/mol. The van der Waals surface area contributed by atoms with Crippen LogP contribution < -0.4 is 10.4 Å². The number of halogens is 1. The number of carbonyl (C=O) groups is 2. The molecule has 17 heavy (non-hydrogen) atoms. The molecule has 9 heteroatoms. The first-order valence-corrected chi connectivity index (χ1v) is 4.76. The molecule has 1 aromatic rings. The molecule has 0 fully saturated rings. The number of anilines is 1. The van der Waals surface area contributed by atoms with E-state index in [1.54, 1.807) is 0 Å². The number of hydrogen-bond acceptors (Lipinski definition) is 7. The fourth-order valence-corrected chi connectivity index (χ4v) is 0.939. The molecule has 8 nitrogen and oxygen atoms in total. The highest BCUT2D eigenvalue weighted by atomic mass is 35.5. The van der Waals surface area contributed by atoms with Crippen molar-refractivity contribution in [2.24, 2.45) is 5.16 Å². The van der Waals surface area contributed by atoms with Crippen LogP contribution in [-0.4, -0.2) is 35.6 Å². The predicted molar refractivity (Wildman–Crippen MR) is 54.4 cm³/mol. The molecule has 0 bridgehead atoms. The zero-order valence-corrected chi connectivity index (χ0v) is 9.35. The van der Waals surface area contributed by atoms with E-state index in [1.807, 2.05) is 0 Å². The van der Waals surface area contributed by atoms with Crippen LogP contribution in [0.15, 0.2) is 15.8 Å². The third-order valence-corrected chi connectivity index (χ3v) is 1.73. The van der Waals surface area contributed by atoms with Gasteiger partial charge in [-0.25, -0.2) is 0 Å². The number of amides is 1. The van der Waals surface area contributed by atoms with E-state index in [-0.39, 0.29) is 17.6 Å². The Bertz CT molecular complexity index is 456. The molecule has 1 N–H and O–H groups in total. The Labute approximate surface area is 100 Å². The van der Waals surface area contributed by atoms with Crippen molar-refractivity contribution in [3.8, 4) is 0 Å². The van der Waals surface area contributed by atoms with Gasteiger partial charge in [-0.05, 0) is 0 Å². The first-order chi connectivity index (χ1) is 8.08. The fraction of sp³-hybridized carbons (Fsp3) is 0.250. The lowest BCUT2D eigenvalue weighted by atomic mass is 10.3. The van der Waals surface area contributed by atoms with Crippen molar-refractivity contribution in [1.29, 1.82) is 0 Å². The second kappa shape index (κ2) is 5.85. The summed E-state index contributed by atoms with van der Waals surface area (Å²) in [6.07, 6.45) is 0.984. The van der Waals surface area contributed by atoms with Crippen molar-refractivity contribution >= 4 is 35.2 Å². The van der Waals surface area contributed by atoms with E-state index >= 15 is 0 Å². The van der Waals surface area contributed by atoms with Gasteiger partial charge in [-0.3, -0.25) is 10.1 Å². The number of aromatic nitrogens is 1. The molecule has 1 heterocycles. The Morgan fingerprint density at radius 1 is 1.71 bits per heavy atom. The topological polar surface area (TPSA) is 117 Å². The molecule has 0 aliphatic rings. The van der Waals surface area contributed by atoms with Crippen molar-refractivity contribution in [3.05, 3.63) is 12.0 Å². The van der Waals surface area contributed by atoms with Crippen LogP contribution in [0, 0.1) is 0 Å². The van der Waals surface area contributed by atoms with Gasteiger partial charge in [0.2, 0.25) is 5.91 Å². The number of oxazole rings is 1. The number of aliphatic carboxylic acids is 1. The molecule has 1 rings (SSSR count). The standard InChI is InChI=1S/C8H8ClN3O5/c1-16-12-6(7(14)15)4-3-17-8(10-4)11-5(13)2-9/h3H,2H2,1H3,(H,14,15)(H,10,11,13)/p-1/b12-6-. The molecular formula is C8H7ClN3O5-. The van der Waals surface area contributed by atoms with Crippen molar-refractivity contribution in [3.63, 3.8) is 0 Å². The second-order valence-electron chi connectivity index (χ2n) is 2.63. The Morgan fingerprint density at radius 2 is 2.41 bits per heavy atom. The minimum absolute atomic E-state index is 0.142. The van der Waals surface area contributed by atoms with Crippen LogP contribution in [0.5, 0.6) is 0 Å². The highest BCUT2D eigenvalue weighted by Gasteiger charge is 2.13. The van der Waals surface area contributed by atoms with Crippen molar-refractivity contribution in [2.45, 2.75) is 0 Å². The Hall–Kier alpha value is -2.09. The van der Waals surface area contributed by atoms with Gasteiger partial charge in [-0.2, -0.15) is 4.98 Å². The SMILES string of the molecule is CO/N=C(\C(=O)[O-])c1coc(NC(=O)CCl)n1. The molecule has 0 aliphatic carbocycles. The lowest BCUT2D eigenvalue weighted by Crippen LogP contribution is -2.32. The van der Waals surface area contributed by atoms with E-state index in [4.69, 9.17) is 16.0 Å². The first kappa shape index (κ1) is 13.0. The van der Waals surface area contributed by atoms with E-state index in [9.17, 15) is 14.7 Å². The molecule has 92 valence electrons. The molecule has 1 amide bonds. The normalized spacial score (nSPS) is 11.1. The van der Waals surface area contributed by atoms with Crippen molar-refractivity contribution in [1.82, 2.24) is 4.98 Å². The van der Waals surface area contributed by atoms with Crippen LogP contribution in [0.1, 0.15) is 5.69 Å². The van der Waals surface area contributed by atoms with Crippen LogP contribution in [0.2, 0.25) is 0 Å². The van der Waals surface area contributed by atoms with Crippen LogP contribution in [-0.2, 0) is 14.4 Å². The number of oxime groups is 1. The number of carbonyl (C=O) groups excluding carboxylic acids is 2.